The summed E-state index contributed by atoms with van der Waals surface area (Å²) in [5.74, 6) is 1.97. The molecule has 1 aliphatic rings. The van der Waals surface area contributed by atoms with Crippen molar-refractivity contribution in [2.24, 2.45) is 4.99 Å². The lowest BCUT2D eigenvalue weighted by Gasteiger charge is -2.25. The number of guanidine groups is 1. The number of nitrogens with zero attached hydrogens (tertiary/aromatic N) is 2. The van der Waals surface area contributed by atoms with E-state index in [1.165, 1.54) is 6.07 Å². The summed E-state index contributed by atoms with van der Waals surface area (Å²) in [7, 11) is -1.63. The summed E-state index contributed by atoms with van der Waals surface area (Å²) in [4.78, 5) is 4.06. The highest BCUT2D eigenvalue weighted by Gasteiger charge is 2.23. The zero-order valence-electron chi connectivity index (χ0n) is 15.0. The SMILES string of the molecule is CN=C(NCCS(=O)(=O)N1CCSCC1)NCc1ccc(C)c(F)c1.I. The van der Waals surface area contributed by atoms with Gasteiger partial charge in [0.1, 0.15) is 5.82 Å². The van der Waals surface area contributed by atoms with E-state index in [0.717, 1.165) is 17.1 Å². The first kappa shape index (κ1) is 23.4. The van der Waals surface area contributed by atoms with Crippen molar-refractivity contribution in [3.05, 3.63) is 35.1 Å². The molecule has 1 aromatic rings. The third kappa shape index (κ3) is 7.20. The lowest BCUT2D eigenvalue weighted by molar-refractivity contribution is 0.443. The summed E-state index contributed by atoms with van der Waals surface area (Å²) in [6.45, 7) is 3.56. The summed E-state index contributed by atoms with van der Waals surface area (Å²) in [6.07, 6.45) is 0. The first-order chi connectivity index (χ1) is 11.9. The molecule has 0 bridgehead atoms. The maximum atomic E-state index is 13.5. The molecule has 0 radical (unpaired) electrons. The first-order valence-electron chi connectivity index (χ1n) is 8.17. The third-order valence-corrected chi connectivity index (χ3v) is 6.75. The Bertz CT molecular complexity index is 710. The number of rotatable bonds is 6. The number of nitrogens with one attached hydrogen (secondary N) is 2. The van der Waals surface area contributed by atoms with E-state index in [2.05, 4.69) is 15.6 Å². The van der Waals surface area contributed by atoms with Crippen molar-refractivity contribution in [1.29, 1.82) is 0 Å². The van der Waals surface area contributed by atoms with Crippen LogP contribution in [0.3, 0.4) is 0 Å². The Hall–Kier alpha value is -0.590. The molecule has 26 heavy (non-hydrogen) atoms. The van der Waals surface area contributed by atoms with Crippen molar-refractivity contribution < 1.29 is 12.8 Å². The summed E-state index contributed by atoms with van der Waals surface area (Å²) in [5, 5.41) is 6.05. The van der Waals surface area contributed by atoms with Gasteiger partial charge >= 0.3 is 0 Å². The van der Waals surface area contributed by atoms with Crippen molar-refractivity contribution in [3.63, 3.8) is 0 Å². The molecule has 0 unspecified atom stereocenters. The van der Waals surface area contributed by atoms with Crippen molar-refractivity contribution in [3.8, 4) is 0 Å². The lowest BCUT2D eigenvalue weighted by Crippen LogP contribution is -2.44. The fraction of sp³-hybridized carbons (Fsp3) is 0.562. The molecule has 0 atom stereocenters. The Labute approximate surface area is 176 Å². The number of aliphatic imine (C=N–C) groups is 1. The molecular formula is C16H26FIN4O2S2. The van der Waals surface area contributed by atoms with Crippen LogP contribution in [0.1, 0.15) is 11.1 Å². The maximum absolute atomic E-state index is 13.5. The largest absolute Gasteiger partial charge is 0.355 e. The average molecular weight is 516 g/mol. The zero-order valence-corrected chi connectivity index (χ0v) is 19.0. The van der Waals surface area contributed by atoms with Gasteiger partial charge in [-0.25, -0.2) is 17.1 Å². The van der Waals surface area contributed by atoms with Gasteiger partial charge in [0.05, 0.1) is 5.75 Å². The number of hydrogen-bond acceptors (Lipinski definition) is 4. The molecule has 2 rings (SSSR count). The molecule has 148 valence electrons. The normalized spacial score (nSPS) is 16.0. The molecule has 1 aromatic carbocycles. The molecule has 0 amide bonds. The Morgan fingerprint density at radius 3 is 2.62 bits per heavy atom. The third-order valence-electron chi connectivity index (χ3n) is 3.94. The Kier molecular flexibility index (Phi) is 10.2. The molecular weight excluding hydrogens is 490 g/mol. The van der Waals surface area contributed by atoms with Crippen LogP contribution in [0.5, 0.6) is 0 Å². The molecule has 0 spiro atoms. The quantitative estimate of drug-likeness (QED) is 0.343. The van der Waals surface area contributed by atoms with Crippen LogP contribution in [0, 0.1) is 12.7 Å². The number of halogens is 2. The van der Waals surface area contributed by atoms with Gasteiger partial charge in [0.2, 0.25) is 10.0 Å². The van der Waals surface area contributed by atoms with Crippen molar-refractivity contribution in [2.45, 2.75) is 13.5 Å². The molecule has 2 N–H and O–H groups in total. The van der Waals surface area contributed by atoms with Gasteiger partial charge in [-0.3, -0.25) is 4.99 Å². The molecule has 1 heterocycles. The van der Waals surface area contributed by atoms with E-state index in [4.69, 9.17) is 0 Å². The van der Waals surface area contributed by atoms with E-state index in [-0.39, 0.29) is 42.1 Å². The maximum Gasteiger partial charge on any atom is 0.215 e. The first-order valence-corrected chi connectivity index (χ1v) is 10.9. The number of hydrogen-bond donors (Lipinski definition) is 2. The molecule has 10 heteroatoms. The van der Waals surface area contributed by atoms with Crippen LogP contribution >= 0.6 is 35.7 Å². The van der Waals surface area contributed by atoms with E-state index < -0.39 is 10.0 Å². The molecule has 0 aromatic heterocycles. The second-order valence-electron chi connectivity index (χ2n) is 5.76. The van der Waals surface area contributed by atoms with Gasteiger partial charge in [0, 0.05) is 44.7 Å². The van der Waals surface area contributed by atoms with Crippen LogP contribution in [0.25, 0.3) is 0 Å². The Balaban J connectivity index is 0.00000338. The number of sulfonamides is 1. The second kappa shape index (κ2) is 11.3. The van der Waals surface area contributed by atoms with Crippen LogP contribution in [0.2, 0.25) is 0 Å². The smallest absolute Gasteiger partial charge is 0.215 e. The Morgan fingerprint density at radius 2 is 2.00 bits per heavy atom. The van der Waals surface area contributed by atoms with Gasteiger partial charge in [-0.05, 0) is 24.1 Å². The number of thioether (sulfide) groups is 1. The van der Waals surface area contributed by atoms with Gasteiger partial charge in [-0.15, -0.1) is 24.0 Å². The van der Waals surface area contributed by atoms with Gasteiger partial charge in [0.25, 0.3) is 0 Å². The van der Waals surface area contributed by atoms with Gasteiger partial charge in [-0.1, -0.05) is 12.1 Å². The summed E-state index contributed by atoms with van der Waals surface area (Å²) in [5.41, 5.74) is 1.40. The average Bonchev–Trinajstić information content (AvgIpc) is 2.61. The van der Waals surface area contributed by atoms with E-state index in [1.807, 2.05) is 6.07 Å². The highest BCUT2D eigenvalue weighted by molar-refractivity contribution is 14.0. The van der Waals surface area contributed by atoms with E-state index >= 15 is 0 Å². The predicted molar refractivity (Wildman–Crippen MR) is 117 cm³/mol. The fourth-order valence-corrected chi connectivity index (χ4v) is 4.90. The van der Waals surface area contributed by atoms with Gasteiger partial charge < -0.3 is 10.6 Å². The molecule has 0 saturated carbocycles. The summed E-state index contributed by atoms with van der Waals surface area (Å²) < 4.78 is 39.7. The summed E-state index contributed by atoms with van der Waals surface area (Å²) >= 11 is 1.78. The number of benzene rings is 1. The second-order valence-corrected chi connectivity index (χ2v) is 9.08. The van der Waals surface area contributed by atoms with Gasteiger partial charge in [0.15, 0.2) is 5.96 Å². The van der Waals surface area contributed by atoms with E-state index in [1.54, 1.807) is 36.1 Å². The monoisotopic (exact) mass is 516 g/mol. The Morgan fingerprint density at radius 1 is 1.31 bits per heavy atom. The molecule has 1 fully saturated rings. The van der Waals surface area contributed by atoms with Crippen molar-refractivity contribution in [2.75, 3.05) is 43.9 Å². The minimum absolute atomic E-state index is 0. The van der Waals surface area contributed by atoms with Crippen LogP contribution in [0.4, 0.5) is 4.39 Å². The predicted octanol–water partition coefficient (Wildman–Crippen LogP) is 1.80. The summed E-state index contributed by atoms with van der Waals surface area (Å²) in [6, 6.07) is 5.05. The minimum atomic E-state index is -3.24. The van der Waals surface area contributed by atoms with Crippen LogP contribution in [-0.2, 0) is 16.6 Å². The molecule has 1 saturated heterocycles. The lowest BCUT2D eigenvalue weighted by atomic mass is 10.1. The molecule has 6 nitrogen and oxygen atoms in total. The minimum Gasteiger partial charge on any atom is -0.355 e. The molecule has 1 aliphatic heterocycles. The topological polar surface area (TPSA) is 73.8 Å². The number of aryl methyl sites for hydroxylation is 1. The van der Waals surface area contributed by atoms with Crippen molar-refractivity contribution in [1.82, 2.24) is 14.9 Å². The molecule has 0 aliphatic carbocycles. The van der Waals surface area contributed by atoms with Gasteiger partial charge in [-0.2, -0.15) is 11.8 Å². The highest BCUT2D eigenvalue weighted by atomic mass is 127. The van der Waals surface area contributed by atoms with E-state index in [0.29, 0.717) is 31.2 Å². The fourth-order valence-electron chi connectivity index (χ4n) is 2.41. The van der Waals surface area contributed by atoms with Crippen LogP contribution in [-0.4, -0.2) is 62.6 Å². The standard InChI is InChI=1S/C16H25FN4O2S2.HI/c1-13-3-4-14(11-15(13)17)12-20-16(18-2)19-5-10-25(22,23)21-6-8-24-9-7-21;/h3-4,11H,5-10,12H2,1-2H3,(H2,18,19,20);1H. The zero-order chi connectivity index (χ0) is 18.3. The highest BCUT2D eigenvalue weighted by Crippen LogP contribution is 2.13. The van der Waals surface area contributed by atoms with Crippen LogP contribution < -0.4 is 10.6 Å². The van der Waals surface area contributed by atoms with Crippen molar-refractivity contribution >= 4 is 51.7 Å². The van der Waals surface area contributed by atoms with Crippen LogP contribution in [0.15, 0.2) is 23.2 Å². The van der Waals surface area contributed by atoms with E-state index in [9.17, 15) is 12.8 Å².